The number of nitrogens with one attached hydrogen (secondary N) is 2. The van der Waals surface area contributed by atoms with Crippen LogP contribution in [0.5, 0.6) is 5.75 Å². The van der Waals surface area contributed by atoms with Crippen LogP contribution in [-0.4, -0.2) is 49.6 Å². The number of carbonyl (C=O) groups excluding carboxylic acids is 3. The van der Waals surface area contributed by atoms with Crippen LogP contribution in [0.2, 0.25) is 0 Å². The Kier molecular flexibility index (Phi) is 5.61. The van der Waals surface area contributed by atoms with Crippen LogP contribution < -0.4 is 20.3 Å². The van der Waals surface area contributed by atoms with Crippen molar-refractivity contribution >= 4 is 29.1 Å². The molecule has 2 aromatic carbocycles. The number of amides is 3. The molecule has 0 aromatic heterocycles. The zero-order chi connectivity index (χ0) is 23.9. The minimum atomic E-state index is -0.782. The van der Waals surface area contributed by atoms with E-state index in [4.69, 9.17) is 9.47 Å². The maximum absolute atomic E-state index is 13.5. The van der Waals surface area contributed by atoms with Gasteiger partial charge in [0.05, 0.1) is 31.6 Å². The number of anilines is 2. The highest BCUT2D eigenvalue weighted by atomic mass is 16.5. The fourth-order valence-corrected chi connectivity index (χ4v) is 5.18. The first-order chi connectivity index (χ1) is 16.4. The van der Waals surface area contributed by atoms with Crippen molar-refractivity contribution < 1.29 is 23.9 Å². The van der Waals surface area contributed by atoms with Crippen molar-refractivity contribution in [2.75, 3.05) is 30.4 Å². The van der Waals surface area contributed by atoms with Gasteiger partial charge in [0.2, 0.25) is 17.7 Å². The summed E-state index contributed by atoms with van der Waals surface area (Å²) in [6, 6.07) is 14.8. The van der Waals surface area contributed by atoms with Gasteiger partial charge in [0.25, 0.3) is 0 Å². The monoisotopic (exact) mass is 461 g/mol. The summed E-state index contributed by atoms with van der Waals surface area (Å²) in [5.74, 6) is -0.760. The topological polar surface area (TPSA) is 97.0 Å². The molecule has 3 heterocycles. The van der Waals surface area contributed by atoms with E-state index in [9.17, 15) is 14.4 Å². The molecule has 2 N–H and O–H groups in total. The summed E-state index contributed by atoms with van der Waals surface area (Å²) in [5.41, 5.74) is 1.68. The van der Waals surface area contributed by atoms with Crippen molar-refractivity contribution in [2.45, 2.75) is 25.0 Å². The molecule has 2 saturated heterocycles. The molecule has 0 aliphatic carbocycles. The average molecular weight is 462 g/mol. The second kappa shape index (κ2) is 8.61. The Balaban J connectivity index is 1.26. The third-order valence-corrected chi connectivity index (χ3v) is 6.77. The molecule has 4 atom stereocenters. The summed E-state index contributed by atoms with van der Waals surface area (Å²) < 4.78 is 11.4. The number of benzene rings is 2. The zero-order valence-corrected chi connectivity index (χ0v) is 19.1. The summed E-state index contributed by atoms with van der Waals surface area (Å²) in [7, 11) is 1.63. The zero-order valence-electron chi connectivity index (χ0n) is 19.1. The van der Waals surface area contributed by atoms with Gasteiger partial charge in [0, 0.05) is 24.8 Å². The van der Waals surface area contributed by atoms with Crippen LogP contribution >= 0.6 is 0 Å². The molecule has 3 aliphatic heterocycles. The van der Waals surface area contributed by atoms with Crippen LogP contribution in [0.25, 0.3) is 0 Å². The minimum absolute atomic E-state index is 0.116. The van der Waals surface area contributed by atoms with Gasteiger partial charge in [-0.05, 0) is 48.4 Å². The van der Waals surface area contributed by atoms with Crippen molar-refractivity contribution in [3.8, 4) is 5.75 Å². The van der Waals surface area contributed by atoms with E-state index < -0.39 is 17.4 Å². The average Bonchev–Trinajstić information content (AvgIpc) is 3.48. The number of nitrogens with zero attached hydrogens (tertiary/aromatic N) is 1. The first-order valence-electron chi connectivity index (χ1n) is 11.4. The number of carbonyl (C=O) groups is 3. The van der Waals surface area contributed by atoms with Crippen molar-refractivity contribution in [1.82, 2.24) is 5.32 Å². The Morgan fingerprint density at radius 2 is 1.88 bits per heavy atom. The number of rotatable bonds is 7. The summed E-state index contributed by atoms with van der Waals surface area (Å²) in [5, 5.41) is 5.72. The molecule has 1 spiro atoms. The molecule has 3 amide bonds. The first-order valence-corrected chi connectivity index (χ1v) is 11.4. The van der Waals surface area contributed by atoms with Crippen molar-refractivity contribution in [3.63, 3.8) is 0 Å². The fourth-order valence-electron chi connectivity index (χ4n) is 5.18. The molecule has 8 heteroatoms. The lowest BCUT2D eigenvalue weighted by molar-refractivity contribution is -0.131. The highest BCUT2D eigenvalue weighted by molar-refractivity contribution is 6.03. The van der Waals surface area contributed by atoms with E-state index in [0.29, 0.717) is 30.9 Å². The molecular weight excluding hydrogens is 434 g/mol. The van der Waals surface area contributed by atoms with Crippen LogP contribution in [-0.2, 0) is 25.5 Å². The number of ether oxygens (including phenoxy) is 2. The summed E-state index contributed by atoms with van der Waals surface area (Å²) in [6.07, 6.45) is 4.13. The van der Waals surface area contributed by atoms with Crippen LogP contribution in [0.4, 0.5) is 11.4 Å². The molecule has 34 heavy (non-hydrogen) atoms. The van der Waals surface area contributed by atoms with Crippen molar-refractivity contribution in [3.05, 3.63) is 66.2 Å². The van der Waals surface area contributed by atoms with E-state index in [0.717, 1.165) is 11.3 Å². The normalized spacial score (nSPS) is 26.5. The van der Waals surface area contributed by atoms with E-state index in [-0.39, 0.29) is 23.8 Å². The largest absolute Gasteiger partial charge is 0.497 e. The van der Waals surface area contributed by atoms with Gasteiger partial charge in [-0.2, -0.15) is 0 Å². The molecule has 2 aromatic rings. The molecular formula is C26H27N3O5. The number of fused-ring (bicyclic) bond motifs is 1. The minimum Gasteiger partial charge on any atom is -0.497 e. The lowest BCUT2D eigenvalue weighted by atomic mass is 9.77. The van der Waals surface area contributed by atoms with E-state index in [1.807, 2.05) is 36.4 Å². The lowest BCUT2D eigenvalue weighted by Crippen LogP contribution is -2.44. The maximum Gasteiger partial charge on any atom is 0.234 e. The van der Waals surface area contributed by atoms with E-state index in [1.54, 1.807) is 36.3 Å². The maximum atomic E-state index is 13.5. The second-order valence-corrected chi connectivity index (χ2v) is 8.94. The lowest BCUT2D eigenvalue weighted by Gasteiger charge is -2.23. The quantitative estimate of drug-likeness (QED) is 0.617. The Hall–Kier alpha value is -3.65. The summed E-state index contributed by atoms with van der Waals surface area (Å²) >= 11 is 0. The first kappa shape index (κ1) is 22.2. The molecule has 2 fully saturated rings. The van der Waals surface area contributed by atoms with Gasteiger partial charge in [-0.3, -0.25) is 14.4 Å². The van der Waals surface area contributed by atoms with Crippen LogP contribution in [0.3, 0.4) is 0 Å². The Morgan fingerprint density at radius 3 is 2.56 bits per heavy atom. The molecule has 5 rings (SSSR count). The van der Waals surface area contributed by atoms with E-state index in [1.165, 1.54) is 6.92 Å². The van der Waals surface area contributed by atoms with Crippen LogP contribution in [0.15, 0.2) is 60.7 Å². The van der Waals surface area contributed by atoms with Gasteiger partial charge < -0.3 is 25.0 Å². The smallest absolute Gasteiger partial charge is 0.234 e. The highest BCUT2D eigenvalue weighted by Crippen LogP contribution is 2.52. The molecule has 2 bridgehead atoms. The number of methoxy groups -OCH3 is 1. The predicted octanol–water partition coefficient (Wildman–Crippen LogP) is 2.30. The number of hydrogen-bond acceptors (Lipinski definition) is 5. The van der Waals surface area contributed by atoms with E-state index in [2.05, 4.69) is 10.6 Å². The third kappa shape index (κ3) is 3.84. The molecule has 8 nitrogen and oxygen atoms in total. The molecule has 0 unspecified atom stereocenters. The van der Waals surface area contributed by atoms with Gasteiger partial charge in [-0.1, -0.05) is 24.3 Å². The van der Waals surface area contributed by atoms with Gasteiger partial charge in [0.15, 0.2) is 0 Å². The predicted molar refractivity (Wildman–Crippen MR) is 127 cm³/mol. The third-order valence-electron chi connectivity index (χ3n) is 6.77. The van der Waals surface area contributed by atoms with Crippen molar-refractivity contribution in [2.24, 2.45) is 11.8 Å². The van der Waals surface area contributed by atoms with Gasteiger partial charge in [0.1, 0.15) is 11.4 Å². The van der Waals surface area contributed by atoms with Crippen LogP contribution in [0, 0.1) is 11.8 Å². The highest BCUT2D eigenvalue weighted by Gasteiger charge is 2.67. The summed E-state index contributed by atoms with van der Waals surface area (Å²) in [6.45, 7) is 2.28. The fraction of sp³-hybridized carbons (Fsp3) is 0.346. The molecule has 3 aliphatic rings. The number of hydrogen-bond donors (Lipinski definition) is 2. The van der Waals surface area contributed by atoms with Gasteiger partial charge in [-0.25, -0.2) is 0 Å². The Bertz CT molecular complexity index is 1140. The molecule has 0 radical (unpaired) electrons. The standard InChI is InChI=1S/C26H27N3O5/c1-16(30)28-18-5-7-19(8-6-18)29-15-26-13-11-21(34-26)22(23(26)25(29)32)24(31)27-14-12-17-3-9-20(33-2)10-4-17/h3-11,13,21-23H,12,14-15H2,1-2H3,(H,27,31)(H,28,30)/t21-,22-,23-,26+/m1/s1. The second-order valence-electron chi connectivity index (χ2n) is 8.94. The molecule has 176 valence electrons. The SMILES string of the molecule is COc1ccc(CCNC(=O)[C@@H]2[C@H]3C=C[C@@]4(CN(c5ccc(NC(C)=O)cc5)C(=O)[C@@H]24)O3)cc1. The Morgan fingerprint density at radius 1 is 1.15 bits per heavy atom. The van der Waals surface area contributed by atoms with Crippen molar-refractivity contribution in [1.29, 1.82) is 0 Å². The summed E-state index contributed by atoms with van der Waals surface area (Å²) in [4.78, 5) is 39.5. The van der Waals surface area contributed by atoms with Gasteiger partial charge in [-0.15, -0.1) is 0 Å². The van der Waals surface area contributed by atoms with E-state index >= 15 is 0 Å². The molecule has 0 saturated carbocycles. The Labute approximate surface area is 197 Å². The van der Waals surface area contributed by atoms with Crippen LogP contribution in [0.1, 0.15) is 12.5 Å². The van der Waals surface area contributed by atoms with Gasteiger partial charge >= 0.3 is 0 Å².